The van der Waals surface area contributed by atoms with Gasteiger partial charge in [-0.15, -0.1) is 11.3 Å². The van der Waals surface area contributed by atoms with Crippen LogP contribution in [0.4, 0.5) is 0 Å². The van der Waals surface area contributed by atoms with Crippen molar-refractivity contribution >= 4 is 11.3 Å². The maximum absolute atomic E-state index is 3.41. The van der Waals surface area contributed by atoms with Crippen LogP contribution in [0.5, 0.6) is 0 Å². The van der Waals surface area contributed by atoms with E-state index in [2.05, 4.69) is 22.8 Å². The van der Waals surface area contributed by atoms with Crippen molar-refractivity contribution in [2.24, 2.45) is 5.41 Å². The van der Waals surface area contributed by atoms with E-state index in [1.54, 1.807) is 4.88 Å². The van der Waals surface area contributed by atoms with Crippen molar-refractivity contribution in [3.63, 3.8) is 0 Å². The number of hydrogen-bond donors (Lipinski definition) is 1. The third-order valence-corrected chi connectivity index (χ3v) is 4.68. The van der Waals surface area contributed by atoms with Crippen LogP contribution in [0.2, 0.25) is 0 Å². The van der Waals surface area contributed by atoms with Crippen LogP contribution < -0.4 is 5.32 Å². The second kappa shape index (κ2) is 2.82. The fourth-order valence-electron chi connectivity index (χ4n) is 2.77. The zero-order valence-corrected chi connectivity index (χ0v) is 8.57. The highest BCUT2D eigenvalue weighted by molar-refractivity contribution is 7.10. The predicted molar refractivity (Wildman–Crippen MR) is 56.2 cm³/mol. The number of thiophene rings is 1. The maximum atomic E-state index is 3.41. The van der Waals surface area contributed by atoms with Crippen molar-refractivity contribution < 1.29 is 0 Å². The fraction of sp³-hybridized carbons (Fsp3) is 0.636. The van der Waals surface area contributed by atoms with Gasteiger partial charge in [-0.25, -0.2) is 0 Å². The molecule has 1 nitrogen and oxygen atoms in total. The molecular formula is C11H15NS. The Bertz CT molecular complexity index is 287. The minimum atomic E-state index is 0.703. The van der Waals surface area contributed by atoms with Gasteiger partial charge in [0.05, 0.1) is 0 Å². The van der Waals surface area contributed by atoms with Gasteiger partial charge < -0.3 is 5.32 Å². The first-order chi connectivity index (χ1) is 6.38. The van der Waals surface area contributed by atoms with Crippen LogP contribution in [-0.4, -0.2) is 13.1 Å². The summed E-state index contributed by atoms with van der Waals surface area (Å²) in [6.45, 7) is 2.55. The van der Waals surface area contributed by atoms with Crippen LogP contribution in [0.1, 0.15) is 30.1 Å². The van der Waals surface area contributed by atoms with Gasteiger partial charge in [0.15, 0.2) is 0 Å². The highest BCUT2D eigenvalue weighted by Crippen LogP contribution is 2.49. The van der Waals surface area contributed by atoms with E-state index in [-0.39, 0.29) is 0 Å². The number of rotatable bonds is 1. The Morgan fingerprint density at radius 1 is 1.46 bits per heavy atom. The molecule has 1 aliphatic carbocycles. The highest BCUT2D eigenvalue weighted by Gasteiger charge is 2.43. The lowest BCUT2D eigenvalue weighted by atomic mass is 9.79. The Kier molecular flexibility index (Phi) is 1.74. The topological polar surface area (TPSA) is 12.0 Å². The minimum Gasteiger partial charge on any atom is -0.316 e. The van der Waals surface area contributed by atoms with E-state index in [9.17, 15) is 0 Å². The molecule has 2 fully saturated rings. The Labute approximate surface area is 83.2 Å². The Balaban J connectivity index is 1.76. The molecule has 3 rings (SSSR count). The molecule has 1 spiro atoms. The second-order valence-corrected chi connectivity index (χ2v) is 5.54. The fourth-order valence-corrected chi connectivity index (χ4v) is 3.64. The van der Waals surface area contributed by atoms with E-state index >= 15 is 0 Å². The van der Waals surface area contributed by atoms with Crippen molar-refractivity contribution in [2.75, 3.05) is 13.1 Å². The molecule has 1 saturated carbocycles. The summed E-state index contributed by atoms with van der Waals surface area (Å²) >= 11 is 1.94. The van der Waals surface area contributed by atoms with Gasteiger partial charge in [-0.3, -0.25) is 0 Å². The van der Waals surface area contributed by atoms with Gasteiger partial charge in [-0.1, -0.05) is 6.07 Å². The summed E-state index contributed by atoms with van der Waals surface area (Å²) < 4.78 is 0. The Morgan fingerprint density at radius 2 is 2.38 bits per heavy atom. The maximum Gasteiger partial charge on any atom is 0.00764 e. The Morgan fingerprint density at radius 3 is 2.92 bits per heavy atom. The minimum absolute atomic E-state index is 0.703. The molecule has 70 valence electrons. The van der Waals surface area contributed by atoms with E-state index in [1.165, 1.54) is 32.4 Å². The van der Waals surface area contributed by atoms with Crippen LogP contribution in [-0.2, 0) is 0 Å². The van der Waals surface area contributed by atoms with Crippen molar-refractivity contribution in [3.8, 4) is 0 Å². The number of nitrogens with one attached hydrogen (secondary N) is 1. The molecule has 1 aromatic heterocycles. The quantitative estimate of drug-likeness (QED) is 0.723. The molecular weight excluding hydrogens is 178 g/mol. The van der Waals surface area contributed by atoms with Crippen LogP contribution in [0.25, 0.3) is 0 Å². The summed E-state index contributed by atoms with van der Waals surface area (Å²) in [6.07, 6.45) is 4.30. The molecule has 2 heteroatoms. The molecule has 1 saturated heterocycles. The summed E-state index contributed by atoms with van der Waals surface area (Å²) in [5, 5.41) is 5.62. The van der Waals surface area contributed by atoms with Crippen molar-refractivity contribution in [3.05, 3.63) is 22.4 Å². The first kappa shape index (κ1) is 8.01. The summed E-state index contributed by atoms with van der Waals surface area (Å²) in [5.41, 5.74) is 0.703. The monoisotopic (exact) mass is 193 g/mol. The average Bonchev–Trinajstić information content (AvgIpc) is 2.71. The third-order valence-electron chi connectivity index (χ3n) is 3.65. The molecule has 0 bridgehead atoms. The second-order valence-electron chi connectivity index (χ2n) is 4.56. The summed E-state index contributed by atoms with van der Waals surface area (Å²) in [5.74, 6) is 0.877. The van der Waals surface area contributed by atoms with Crippen LogP contribution in [0.3, 0.4) is 0 Å². The average molecular weight is 193 g/mol. The van der Waals surface area contributed by atoms with Gasteiger partial charge in [-0.05, 0) is 42.0 Å². The molecule has 1 aliphatic heterocycles. The first-order valence-electron chi connectivity index (χ1n) is 5.12. The molecule has 2 aliphatic rings. The van der Waals surface area contributed by atoms with E-state index in [0.717, 1.165) is 5.92 Å². The van der Waals surface area contributed by atoms with Gasteiger partial charge in [-0.2, -0.15) is 0 Å². The number of hydrogen-bond acceptors (Lipinski definition) is 2. The van der Waals surface area contributed by atoms with E-state index in [0.29, 0.717) is 5.41 Å². The van der Waals surface area contributed by atoms with Crippen LogP contribution in [0.15, 0.2) is 17.5 Å². The molecule has 0 aromatic carbocycles. The molecule has 1 unspecified atom stereocenters. The van der Waals surface area contributed by atoms with Crippen molar-refractivity contribution in [1.29, 1.82) is 0 Å². The summed E-state index contributed by atoms with van der Waals surface area (Å²) in [7, 11) is 0. The zero-order chi connectivity index (χ0) is 8.73. The zero-order valence-electron chi connectivity index (χ0n) is 7.75. The lowest BCUT2D eigenvalue weighted by Crippen LogP contribution is -2.51. The van der Waals surface area contributed by atoms with Crippen LogP contribution >= 0.6 is 11.3 Å². The summed E-state index contributed by atoms with van der Waals surface area (Å²) in [4.78, 5) is 1.61. The molecule has 1 aromatic rings. The largest absolute Gasteiger partial charge is 0.316 e. The predicted octanol–water partition coefficient (Wildman–Crippen LogP) is 2.61. The van der Waals surface area contributed by atoms with Crippen molar-refractivity contribution in [2.45, 2.75) is 25.2 Å². The highest BCUT2D eigenvalue weighted by atomic mass is 32.1. The van der Waals surface area contributed by atoms with Gasteiger partial charge >= 0.3 is 0 Å². The third kappa shape index (κ3) is 1.24. The normalized spacial score (nSPS) is 30.6. The van der Waals surface area contributed by atoms with Gasteiger partial charge in [0, 0.05) is 18.0 Å². The molecule has 1 N–H and O–H groups in total. The lowest BCUT2D eigenvalue weighted by Gasteiger charge is -2.39. The van der Waals surface area contributed by atoms with Crippen molar-refractivity contribution in [1.82, 2.24) is 5.32 Å². The molecule has 2 heterocycles. The first-order valence-corrected chi connectivity index (χ1v) is 6.00. The van der Waals surface area contributed by atoms with E-state index in [4.69, 9.17) is 0 Å². The molecule has 0 radical (unpaired) electrons. The lowest BCUT2D eigenvalue weighted by molar-refractivity contribution is 0.175. The Hall–Kier alpha value is -0.340. The summed E-state index contributed by atoms with van der Waals surface area (Å²) in [6, 6.07) is 4.49. The standard InChI is InChI=1S/C11H15NS/c1-2-10(13-5-1)9-3-4-11(6-9)7-12-8-11/h1-2,5,9,12H,3-4,6-8H2. The SMILES string of the molecule is c1csc(C2CCC3(CNC3)C2)c1. The van der Waals surface area contributed by atoms with Crippen LogP contribution in [0, 0.1) is 5.41 Å². The van der Waals surface area contributed by atoms with E-state index < -0.39 is 0 Å². The van der Waals surface area contributed by atoms with E-state index in [1.807, 2.05) is 11.3 Å². The van der Waals surface area contributed by atoms with Gasteiger partial charge in [0.2, 0.25) is 0 Å². The molecule has 0 amide bonds. The smallest absolute Gasteiger partial charge is 0.00764 e. The van der Waals surface area contributed by atoms with Gasteiger partial charge in [0.1, 0.15) is 0 Å². The van der Waals surface area contributed by atoms with Gasteiger partial charge in [0.25, 0.3) is 0 Å². The molecule has 13 heavy (non-hydrogen) atoms. The molecule has 1 atom stereocenters.